The third kappa shape index (κ3) is 2.51. The first-order valence-corrected chi connectivity index (χ1v) is 6.28. The standard InChI is InChI=1S/C15H11ClN2O/c16-13-6-7-14(12-5-2-1-4-11(12)13)19-10-15-17-8-3-9-18-15/h1-9H,10H2. The van der Waals surface area contributed by atoms with Gasteiger partial charge in [-0.05, 0) is 18.2 Å². The first-order chi connectivity index (χ1) is 9.34. The van der Waals surface area contributed by atoms with Crippen LogP contribution in [0, 0.1) is 0 Å². The molecule has 0 N–H and O–H groups in total. The number of fused-ring (bicyclic) bond motifs is 1. The van der Waals surface area contributed by atoms with Crippen molar-refractivity contribution in [3.8, 4) is 5.75 Å². The molecule has 0 radical (unpaired) electrons. The van der Waals surface area contributed by atoms with E-state index in [0.717, 1.165) is 21.5 Å². The summed E-state index contributed by atoms with van der Waals surface area (Å²) < 4.78 is 5.78. The molecule has 2 aromatic carbocycles. The molecular formula is C15H11ClN2O. The van der Waals surface area contributed by atoms with E-state index in [1.54, 1.807) is 18.5 Å². The van der Waals surface area contributed by atoms with E-state index in [1.807, 2.05) is 36.4 Å². The monoisotopic (exact) mass is 270 g/mol. The highest BCUT2D eigenvalue weighted by atomic mass is 35.5. The van der Waals surface area contributed by atoms with Crippen LogP contribution in [0.15, 0.2) is 54.9 Å². The topological polar surface area (TPSA) is 35.0 Å². The predicted octanol–water partition coefficient (Wildman–Crippen LogP) is 3.86. The number of aromatic nitrogens is 2. The average molecular weight is 271 g/mol. The molecule has 3 aromatic rings. The number of nitrogens with zero attached hydrogens (tertiary/aromatic N) is 2. The summed E-state index contributed by atoms with van der Waals surface area (Å²) in [6.07, 6.45) is 3.40. The lowest BCUT2D eigenvalue weighted by Gasteiger charge is -2.09. The summed E-state index contributed by atoms with van der Waals surface area (Å²) in [5.74, 6) is 1.44. The SMILES string of the molecule is Clc1ccc(OCc2ncccn2)c2ccccc12. The molecule has 0 amide bonds. The van der Waals surface area contributed by atoms with Crippen molar-refractivity contribution < 1.29 is 4.74 Å². The van der Waals surface area contributed by atoms with Gasteiger partial charge < -0.3 is 4.74 Å². The van der Waals surface area contributed by atoms with Gasteiger partial charge in [-0.1, -0.05) is 35.9 Å². The quantitative estimate of drug-likeness (QED) is 0.725. The van der Waals surface area contributed by atoms with Crippen molar-refractivity contribution >= 4 is 22.4 Å². The van der Waals surface area contributed by atoms with Gasteiger partial charge in [-0.15, -0.1) is 0 Å². The molecule has 0 aliphatic rings. The maximum atomic E-state index is 6.17. The second-order valence-electron chi connectivity index (χ2n) is 4.04. The zero-order chi connectivity index (χ0) is 13.1. The van der Waals surface area contributed by atoms with Gasteiger partial charge in [0.25, 0.3) is 0 Å². The third-order valence-electron chi connectivity index (χ3n) is 2.81. The summed E-state index contributed by atoms with van der Waals surface area (Å²) in [7, 11) is 0. The molecule has 0 unspecified atom stereocenters. The van der Waals surface area contributed by atoms with Gasteiger partial charge in [-0.3, -0.25) is 0 Å². The van der Waals surface area contributed by atoms with Crippen LogP contribution in [0.2, 0.25) is 5.02 Å². The number of ether oxygens (including phenoxy) is 1. The minimum Gasteiger partial charge on any atom is -0.485 e. The van der Waals surface area contributed by atoms with Crippen LogP contribution in [0.5, 0.6) is 5.75 Å². The Morgan fingerprint density at radius 3 is 2.42 bits per heavy atom. The van der Waals surface area contributed by atoms with Crippen molar-refractivity contribution in [1.29, 1.82) is 0 Å². The Balaban J connectivity index is 1.91. The van der Waals surface area contributed by atoms with Crippen LogP contribution >= 0.6 is 11.6 Å². The van der Waals surface area contributed by atoms with E-state index < -0.39 is 0 Å². The minimum atomic E-state index is 0.340. The lowest BCUT2D eigenvalue weighted by molar-refractivity contribution is 0.299. The van der Waals surface area contributed by atoms with E-state index in [2.05, 4.69) is 9.97 Å². The molecule has 0 saturated carbocycles. The molecule has 1 heterocycles. The fraction of sp³-hybridized carbons (Fsp3) is 0.0667. The summed E-state index contributed by atoms with van der Waals surface area (Å²) in [6, 6.07) is 13.4. The molecule has 0 bridgehead atoms. The number of rotatable bonds is 3. The van der Waals surface area contributed by atoms with Crippen LogP contribution in [-0.4, -0.2) is 9.97 Å². The van der Waals surface area contributed by atoms with Crippen molar-refractivity contribution in [2.45, 2.75) is 6.61 Å². The second-order valence-corrected chi connectivity index (χ2v) is 4.45. The summed E-state index contributed by atoms with van der Waals surface area (Å²) >= 11 is 6.17. The van der Waals surface area contributed by atoms with Gasteiger partial charge in [0.2, 0.25) is 0 Å². The molecular weight excluding hydrogens is 260 g/mol. The smallest absolute Gasteiger partial charge is 0.166 e. The Hall–Kier alpha value is -2.13. The number of hydrogen-bond donors (Lipinski definition) is 0. The first kappa shape index (κ1) is 11.9. The summed E-state index contributed by atoms with van der Waals surface area (Å²) in [5, 5.41) is 2.69. The van der Waals surface area contributed by atoms with Crippen LogP contribution in [0.3, 0.4) is 0 Å². The Labute approximate surface area is 115 Å². The molecule has 0 aliphatic carbocycles. The number of benzene rings is 2. The fourth-order valence-electron chi connectivity index (χ4n) is 1.91. The van der Waals surface area contributed by atoms with Crippen molar-refractivity contribution in [2.75, 3.05) is 0 Å². The lowest BCUT2D eigenvalue weighted by Crippen LogP contribution is -2.00. The van der Waals surface area contributed by atoms with Crippen LogP contribution in [-0.2, 0) is 6.61 Å². The van der Waals surface area contributed by atoms with E-state index in [0.29, 0.717) is 12.4 Å². The predicted molar refractivity (Wildman–Crippen MR) is 75.3 cm³/mol. The van der Waals surface area contributed by atoms with E-state index >= 15 is 0 Å². The third-order valence-corrected chi connectivity index (χ3v) is 3.14. The molecule has 0 atom stereocenters. The van der Waals surface area contributed by atoms with Crippen LogP contribution in [0.4, 0.5) is 0 Å². The second kappa shape index (κ2) is 5.24. The molecule has 0 saturated heterocycles. The van der Waals surface area contributed by atoms with Gasteiger partial charge in [0, 0.05) is 28.2 Å². The van der Waals surface area contributed by atoms with E-state index in [4.69, 9.17) is 16.3 Å². The number of halogens is 1. The molecule has 94 valence electrons. The summed E-state index contributed by atoms with van der Waals surface area (Å²) in [6.45, 7) is 0.340. The maximum Gasteiger partial charge on any atom is 0.166 e. The van der Waals surface area contributed by atoms with Crippen LogP contribution in [0.1, 0.15) is 5.82 Å². The molecule has 3 nitrogen and oxygen atoms in total. The molecule has 1 aromatic heterocycles. The van der Waals surface area contributed by atoms with Crippen molar-refractivity contribution in [1.82, 2.24) is 9.97 Å². The van der Waals surface area contributed by atoms with Crippen molar-refractivity contribution in [3.05, 3.63) is 65.7 Å². The Morgan fingerprint density at radius 1 is 0.895 bits per heavy atom. The first-order valence-electron chi connectivity index (χ1n) is 5.90. The highest BCUT2D eigenvalue weighted by Crippen LogP contribution is 2.31. The Kier molecular flexibility index (Phi) is 3.29. The molecule has 0 aliphatic heterocycles. The Bertz CT molecular complexity index is 701. The highest BCUT2D eigenvalue weighted by Gasteiger charge is 2.05. The van der Waals surface area contributed by atoms with Gasteiger partial charge >= 0.3 is 0 Å². The minimum absolute atomic E-state index is 0.340. The molecule has 3 rings (SSSR count). The zero-order valence-corrected chi connectivity index (χ0v) is 10.8. The summed E-state index contributed by atoms with van der Waals surface area (Å²) in [5.41, 5.74) is 0. The van der Waals surface area contributed by atoms with Crippen molar-refractivity contribution in [2.24, 2.45) is 0 Å². The molecule has 0 spiro atoms. The van der Waals surface area contributed by atoms with E-state index in [1.165, 1.54) is 0 Å². The normalized spacial score (nSPS) is 10.6. The van der Waals surface area contributed by atoms with Gasteiger partial charge in [0.15, 0.2) is 5.82 Å². The Morgan fingerprint density at radius 2 is 1.63 bits per heavy atom. The van der Waals surface area contributed by atoms with Gasteiger partial charge in [-0.2, -0.15) is 0 Å². The summed E-state index contributed by atoms with van der Waals surface area (Å²) in [4.78, 5) is 8.26. The highest BCUT2D eigenvalue weighted by molar-refractivity contribution is 6.35. The molecule has 0 fully saturated rings. The van der Waals surface area contributed by atoms with Gasteiger partial charge in [0.05, 0.1) is 0 Å². The van der Waals surface area contributed by atoms with E-state index in [-0.39, 0.29) is 0 Å². The van der Waals surface area contributed by atoms with Crippen LogP contribution < -0.4 is 4.74 Å². The molecule has 19 heavy (non-hydrogen) atoms. The van der Waals surface area contributed by atoms with Crippen molar-refractivity contribution in [3.63, 3.8) is 0 Å². The number of hydrogen-bond acceptors (Lipinski definition) is 3. The molecule has 4 heteroatoms. The fourth-order valence-corrected chi connectivity index (χ4v) is 2.14. The average Bonchev–Trinajstić information content (AvgIpc) is 2.48. The maximum absolute atomic E-state index is 6.17. The largest absolute Gasteiger partial charge is 0.485 e. The lowest BCUT2D eigenvalue weighted by atomic mass is 10.1. The van der Waals surface area contributed by atoms with Gasteiger partial charge in [0.1, 0.15) is 12.4 Å². The zero-order valence-electron chi connectivity index (χ0n) is 10.1. The van der Waals surface area contributed by atoms with E-state index in [9.17, 15) is 0 Å². The van der Waals surface area contributed by atoms with Gasteiger partial charge in [-0.25, -0.2) is 9.97 Å². The van der Waals surface area contributed by atoms with Crippen LogP contribution in [0.25, 0.3) is 10.8 Å².